The Morgan fingerprint density at radius 2 is 1.90 bits per heavy atom. The Morgan fingerprint density at radius 1 is 1.20 bits per heavy atom. The highest BCUT2D eigenvalue weighted by Crippen LogP contribution is 2.38. The van der Waals surface area contributed by atoms with Gasteiger partial charge >= 0.3 is 0 Å². The van der Waals surface area contributed by atoms with E-state index in [1.165, 1.54) is 0 Å². The van der Waals surface area contributed by atoms with Crippen LogP contribution >= 0.6 is 0 Å². The largest absolute Gasteiger partial charge is 0.455 e. The maximum absolute atomic E-state index is 13.1. The number of nitrogens with one attached hydrogen (secondary N) is 1. The van der Waals surface area contributed by atoms with Gasteiger partial charge in [-0.3, -0.25) is 9.59 Å². The van der Waals surface area contributed by atoms with E-state index in [1.54, 1.807) is 6.92 Å². The predicted molar refractivity (Wildman–Crippen MR) is 116 cm³/mol. The molecule has 1 amide bonds. The first kappa shape index (κ1) is 20.4. The second-order valence-corrected chi connectivity index (χ2v) is 9.41. The van der Waals surface area contributed by atoms with Crippen molar-refractivity contribution in [1.29, 1.82) is 0 Å². The van der Waals surface area contributed by atoms with E-state index in [4.69, 9.17) is 9.40 Å². The third kappa shape index (κ3) is 3.34. The number of para-hydroxylation sites is 2. The molecular formula is C24H29N3O3. The number of carbonyl (C=O) groups excluding carboxylic acids is 2. The van der Waals surface area contributed by atoms with E-state index in [2.05, 4.69) is 23.7 Å². The minimum absolute atomic E-state index is 0.0520. The fourth-order valence-electron chi connectivity index (χ4n) is 4.54. The van der Waals surface area contributed by atoms with Gasteiger partial charge in [0.15, 0.2) is 11.5 Å². The van der Waals surface area contributed by atoms with Crippen molar-refractivity contribution in [2.24, 2.45) is 5.41 Å². The molecule has 1 unspecified atom stereocenters. The number of furan rings is 1. The number of aromatic nitrogens is 2. The maximum Gasteiger partial charge on any atom is 0.287 e. The molecule has 2 aromatic heterocycles. The summed E-state index contributed by atoms with van der Waals surface area (Å²) in [4.78, 5) is 30.5. The van der Waals surface area contributed by atoms with Crippen LogP contribution in [0, 0.1) is 12.3 Å². The summed E-state index contributed by atoms with van der Waals surface area (Å²) in [5.74, 6) is 1.38. The number of ketones is 1. The number of amides is 1. The van der Waals surface area contributed by atoms with E-state index in [0.717, 1.165) is 16.9 Å². The molecule has 0 saturated heterocycles. The molecule has 0 radical (unpaired) electrons. The van der Waals surface area contributed by atoms with Crippen molar-refractivity contribution in [3.05, 3.63) is 52.7 Å². The number of Topliss-reactive ketones (excluding diaryl/α,β-unsaturated/α-hetero) is 1. The summed E-state index contributed by atoms with van der Waals surface area (Å²) in [6.07, 6.45) is 1.12. The van der Waals surface area contributed by atoms with Gasteiger partial charge in [0.25, 0.3) is 5.91 Å². The van der Waals surface area contributed by atoms with Gasteiger partial charge in [0.05, 0.1) is 22.6 Å². The lowest BCUT2D eigenvalue weighted by Gasteiger charge is -2.27. The van der Waals surface area contributed by atoms with Crippen LogP contribution in [0.4, 0.5) is 0 Å². The minimum atomic E-state index is -0.319. The van der Waals surface area contributed by atoms with Crippen LogP contribution in [-0.2, 0) is 6.42 Å². The van der Waals surface area contributed by atoms with Gasteiger partial charge in [0.2, 0.25) is 0 Å². The molecule has 2 heterocycles. The SMILES string of the molecule is Cc1c(C(=O)NC(C)c2nc3ccccc3n2C(C)C)oc2c1C(=O)CC(C)(C)C2. The van der Waals surface area contributed by atoms with Crippen LogP contribution in [-0.4, -0.2) is 21.2 Å². The van der Waals surface area contributed by atoms with Crippen molar-refractivity contribution in [3.8, 4) is 0 Å². The number of rotatable bonds is 4. The van der Waals surface area contributed by atoms with Gasteiger partial charge in [-0.05, 0) is 45.2 Å². The zero-order valence-corrected chi connectivity index (χ0v) is 18.5. The summed E-state index contributed by atoms with van der Waals surface area (Å²) in [5.41, 5.74) is 3.01. The number of hydrogen-bond donors (Lipinski definition) is 1. The molecule has 1 aromatic carbocycles. The molecule has 1 N–H and O–H groups in total. The number of hydrogen-bond acceptors (Lipinski definition) is 4. The molecule has 3 aromatic rings. The van der Waals surface area contributed by atoms with Crippen molar-refractivity contribution in [2.45, 2.75) is 66.5 Å². The average molecular weight is 408 g/mol. The molecule has 0 aliphatic heterocycles. The molecule has 0 fully saturated rings. The smallest absolute Gasteiger partial charge is 0.287 e. The number of fused-ring (bicyclic) bond motifs is 2. The molecule has 6 nitrogen and oxygen atoms in total. The lowest BCUT2D eigenvalue weighted by molar-refractivity contribution is 0.0882. The van der Waals surface area contributed by atoms with Crippen molar-refractivity contribution < 1.29 is 14.0 Å². The number of imidazole rings is 1. The van der Waals surface area contributed by atoms with Crippen LogP contribution in [0.5, 0.6) is 0 Å². The Kier molecular flexibility index (Phi) is 4.83. The Bertz CT molecular complexity index is 1150. The zero-order valence-electron chi connectivity index (χ0n) is 18.5. The van der Waals surface area contributed by atoms with Crippen LogP contribution in [0.2, 0.25) is 0 Å². The van der Waals surface area contributed by atoms with Crippen molar-refractivity contribution in [3.63, 3.8) is 0 Å². The number of benzene rings is 1. The molecular weight excluding hydrogens is 378 g/mol. The third-order valence-corrected chi connectivity index (χ3v) is 5.86. The van der Waals surface area contributed by atoms with E-state index in [0.29, 0.717) is 29.7 Å². The first-order valence-electron chi connectivity index (χ1n) is 10.5. The standard InChI is InChI=1S/C24H29N3O3/c1-13(2)27-17-10-8-7-9-16(17)26-22(27)15(4)25-23(29)21-14(3)20-18(28)11-24(5,6)12-19(20)30-21/h7-10,13,15H,11-12H2,1-6H3,(H,25,29). The minimum Gasteiger partial charge on any atom is -0.455 e. The van der Waals surface area contributed by atoms with E-state index < -0.39 is 0 Å². The first-order chi connectivity index (χ1) is 14.1. The number of carbonyl (C=O) groups is 2. The summed E-state index contributed by atoms with van der Waals surface area (Å²) in [6.45, 7) is 12.0. The maximum atomic E-state index is 13.1. The van der Waals surface area contributed by atoms with Crippen LogP contribution in [0.25, 0.3) is 11.0 Å². The molecule has 1 atom stereocenters. The predicted octanol–water partition coefficient (Wildman–Crippen LogP) is 5.16. The van der Waals surface area contributed by atoms with Crippen LogP contribution in [0.3, 0.4) is 0 Å². The lowest BCUT2D eigenvalue weighted by Crippen LogP contribution is -2.29. The third-order valence-electron chi connectivity index (χ3n) is 5.86. The molecule has 158 valence electrons. The van der Waals surface area contributed by atoms with Gasteiger partial charge in [-0.25, -0.2) is 4.98 Å². The Morgan fingerprint density at radius 3 is 2.60 bits per heavy atom. The average Bonchev–Trinajstić information content (AvgIpc) is 3.18. The zero-order chi connectivity index (χ0) is 21.8. The fourth-order valence-corrected chi connectivity index (χ4v) is 4.54. The highest BCUT2D eigenvalue weighted by molar-refractivity contribution is 6.03. The van der Waals surface area contributed by atoms with Gasteiger partial charge < -0.3 is 14.3 Å². The highest BCUT2D eigenvalue weighted by atomic mass is 16.4. The molecule has 1 aliphatic rings. The van der Waals surface area contributed by atoms with Crippen LogP contribution in [0.15, 0.2) is 28.7 Å². The second kappa shape index (κ2) is 7.11. The van der Waals surface area contributed by atoms with E-state index in [9.17, 15) is 9.59 Å². The summed E-state index contributed by atoms with van der Waals surface area (Å²) >= 11 is 0. The first-order valence-corrected chi connectivity index (χ1v) is 10.5. The second-order valence-electron chi connectivity index (χ2n) is 9.41. The van der Waals surface area contributed by atoms with Gasteiger partial charge in [-0.2, -0.15) is 0 Å². The molecule has 0 saturated carbocycles. The van der Waals surface area contributed by atoms with E-state index >= 15 is 0 Å². The van der Waals surface area contributed by atoms with Crippen molar-refractivity contribution >= 4 is 22.7 Å². The van der Waals surface area contributed by atoms with Gasteiger partial charge in [0.1, 0.15) is 11.6 Å². The number of nitrogens with zero attached hydrogens (tertiary/aromatic N) is 2. The molecule has 0 spiro atoms. The quantitative estimate of drug-likeness (QED) is 0.648. The van der Waals surface area contributed by atoms with Crippen LogP contribution < -0.4 is 5.32 Å². The van der Waals surface area contributed by atoms with Crippen LogP contribution in [0.1, 0.15) is 91.2 Å². The lowest BCUT2D eigenvalue weighted by atomic mass is 9.76. The highest BCUT2D eigenvalue weighted by Gasteiger charge is 2.37. The summed E-state index contributed by atoms with van der Waals surface area (Å²) < 4.78 is 8.06. The van der Waals surface area contributed by atoms with E-state index in [-0.39, 0.29) is 34.9 Å². The molecule has 0 bridgehead atoms. The Balaban J connectivity index is 1.65. The molecule has 6 heteroatoms. The van der Waals surface area contributed by atoms with Gasteiger partial charge in [0, 0.05) is 24.4 Å². The van der Waals surface area contributed by atoms with E-state index in [1.807, 2.05) is 45.0 Å². The summed E-state index contributed by atoms with van der Waals surface area (Å²) in [7, 11) is 0. The fraction of sp³-hybridized carbons (Fsp3) is 0.458. The molecule has 1 aliphatic carbocycles. The Hall–Kier alpha value is -2.89. The summed E-state index contributed by atoms with van der Waals surface area (Å²) in [5, 5.41) is 3.03. The molecule has 4 rings (SSSR count). The molecule has 30 heavy (non-hydrogen) atoms. The van der Waals surface area contributed by atoms with Gasteiger partial charge in [-0.1, -0.05) is 26.0 Å². The monoisotopic (exact) mass is 407 g/mol. The summed E-state index contributed by atoms with van der Waals surface area (Å²) in [6, 6.07) is 7.85. The van der Waals surface area contributed by atoms with Gasteiger partial charge in [-0.15, -0.1) is 0 Å². The Labute approximate surface area is 176 Å². The topological polar surface area (TPSA) is 77.1 Å². The normalized spacial score (nSPS) is 16.7. The van der Waals surface area contributed by atoms with Crippen molar-refractivity contribution in [1.82, 2.24) is 14.9 Å². The van der Waals surface area contributed by atoms with Crippen molar-refractivity contribution in [2.75, 3.05) is 0 Å².